The van der Waals surface area contributed by atoms with Gasteiger partial charge in [-0.2, -0.15) is 0 Å². The van der Waals surface area contributed by atoms with Crippen LogP contribution < -0.4 is 4.74 Å². The number of fused-ring (bicyclic) bond motifs is 2. The summed E-state index contributed by atoms with van der Waals surface area (Å²) in [5.74, 6) is -4.21. The molecule has 38 heavy (non-hydrogen) atoms. The molecule has 4 saturated carbocycles. The van der Waals surface area contributed by atoms with Gasteiger partial charge in [-0.15, -0.1) is 0 Å². The minimum Gasteiger partial charge on any atom is -0.497 e. The van der Waals surface area contributed by atoms with Gasteiger partial charge in [0.05, 0.1) is 19.8 Å². The van der Waals surface area contributed by atoms with E-state index < -0.39 is 69.9 Å². The van der Waals surface area contributed by atoms with Gasteiger partial charge in [0.2, 0.25) is 5.79 Å². The Labute approximate surface area is 222 Å². The molecule has 6 aliphatic rings. The van der Waals surface area contributed by atoms with Crippen LogP contribution in [-0.2, 0) is 19.1 Å². The van der Waals surface area contributed by atoms with Crippen LogP contribution in [0.1, 0.15) is 45.1 Å². The second-order valence-corrected chi connectivity index (χ2v) is 12.5. The molecule has 8 nitrogen and oxygen atoms in total. The first-order chi connectivity index (χ1) is 17.9. The Bertz CT molecular complexity index is 1220. The van der Waals surface area contributed by atoms with E-state index in [1.54, 1.807) is 37.5 Å². The number of methoxy groups -OCH3 is 1. The fourth-order valence-electron chi connectivity index (χ4n) is 9.08. The van der Waals surface area contributed by atoms with Crippen molar-refractivity contribution in [2.45, 2.75) is 63.6 Å². The highest BCUT2D eigenvalue weighted by Gasteiger charge is 2.87. The van der Waals surface area contributed by atoms with Crippen LogP contribution in [0.4, 0.5) is 0 Å². The Hall–Kier alpha value is -2.52. The summed E-state index contributed by atoms with van der Waals surface area (Å²) in [7, 11) is 1.57. The highest BCUT2D eigenvalue weighted by molar-refractivity contribution is 6.05. The van der Waals surface area contributed by atoms with Gasteiger partial charge in [0.25, 0.3) is 0 Å². The van der Waals surface area contributed by atoms with Crippen LogP contribution in [0, 0.1) is 34.0 Å². The van der Waals surface area contributed by atoms with E-state index in [0.717, 1.165) is 5.56 Å². The van der Waals surface area contributed by atoms with Crippen molar-refractivity contribution in [1.82, 2.24) is 0 Å². The van der Waals surface area contributed by atoms with E-state index in [-0.39, 0.29) is 12.2 Å². The van der Waals surface area contributed by atoms with E-state index in [1.165, 1.54) is 6.08 Å². The molecule has 1 aromatic rings. The fraction of sp³-hybridized carbons (Fsp3) is 0.600. The summed E-state index contributed by atoms with van der Waals surface area (Å²) in [6, 6.07) is 7.15. The fourth-order valence-corrected chi connectivity index (χ4v) is 9.08. The van der Waals surface area contributed by atoms with Crippen molar-refractivity contribution in [1.29, 1.82) is 0 Å². The number of benzene rings is 1. The molecule has 1 unspecified atom stereocenters. The van der Waals surface area contributed by atoms with E-state index in [2.05, 4.69) is 6.58 Å². The standard InChI is InChI=1S/C30H36O8/c1-16-19-10-11-20-28-15-37-30(35,25(34)23(28)27(2,3)14-13-21(28)31)29(20,24(16)33)26(19)38-22(32)12-7-17-5-8-18(36-4)9-6-17/h5-9,12,19-21,23,25-26,31,34-35H,1,10-11,13-15H2,2-4H3/b12-7+/t19-,20-,21-,23+,25-,26+,28+,29-,30?/m0/s1. The molecule has 2 aliphatic heterocycles. The summed E-state index contributed by atoms with van der Waals surface area (Å²) < 4.78 is 17.2. The molecule has 9 atom stereocenters. The predicted molar refractivity (Wildman–Crippen MR) is 137 cm³/mol. The molecule has 0 radical (unpaired) electrons. The van der Waals surface area contributed by atoms with Crippen molar-refractivity contribution in [3.05, 3.63) is 48.1 Å². The van der Waals surface area contributed by atoms with Crippen molar-refractivity contribution in [2.24, 2.45) is 34.0 Å². The first-order valence-electron chi connectivity index (χ1n) is 13.4. The first-order valence-corrected chi connectivity index (χ1v) is 13.4. The molecule has 8 heteroatoms. The SMILES string of the molecule is C=C1C(=O)[C@]23[C@H](OC(=O)/C=C/c4ccc(OC)cc4)[C@H]1CC[C@H]2[C@@]12COC3(O)[C@@H](O)[C@@H]1C(C)(C)CC[C@@H]2O. The Kier molecular flexibility index (Phi) is 5.58. The molecule has 0 aromatic heterocycles. The van der Waals surface area contributed by atoms with E-state index in [4.69, 9.17) is 14.2 Å². The molecular formula is C30H36O8. The molecule has 4 bridgehead atoms. The number of carbonyl (C=O) groups excluding carboxylic acids is 2. The number of ketones is 1. The van der Waals surface area contributed by atoms with Crippen molar-refractivity contribution >= 4 is 17.8 Å². The largest absolute Gasteiger partial charge is 0.497 e. The van der Waals surface area contributed by atoms with Crippen LogP contribution in [0.25, 0.3) is 6.08 Å². The number of Topliss-reactive ketones (excluding diaryl/α,β-unsaturated/α-hetero) is 1. The summed E-state index contributed by atoms with van der Waals surface area (Å²) in [6.45, 7) is 8.14. The normalized spacial score (nSPS) is 44.6. The smallest absolute Gasteiger partial charge is 0.331 e. The molecule has 7 rings (SSSR count). The number of rotatable bonds is 4. The van der Waals surface area contributed by atoms with Gasteiger partial charge in [0.15, 0.2) is 5.78 Å². The third-order valence-corrected chi connectivity index (χ3v) is 10.6. The zero-order chi connectivity index (χ0) is 27.3. The zero-order valence-electron chi connectivity index (χ0n) is 22.1. The van der Waals surface area contributed by atoms with Crippen LogP contribution >= 0.6 is 0 Å². The van der Waals surface area contributed by atoms with Crippen LogP contribution in [0.3, 0.4) is 0 Å². The number of aliphatic hydroxyl groups is 3. The van der Waals surface area contributed by atoms with Gasteiger partial charge in [-0.05, 0) is 66.4 Å². The summed E-state index contributed by atoms with van der Waals surface area (Å²) >= 11 is 0. The molecule has 3 N–H and O–H groups in total. The van der Waals surface area contributed by atoms with Gasteiger partial charge in [0.1, 0.15) is 23.4 Å². The third-order valence-electron chi connectivity index (χ3n) is 10.6. The van der Waals surface area contributed by atoms with E-state index in [1.807, 2.05) is 13.8 Å². The summed E-state index contributed by atoms with van der Waals surface area (Å²) in [4.78, 5) is 27.2. The molecular weight excluding hydrogens is 488 g/mol. The number of aliphatic hydroxyl groups excluding tert-OH is 2. The van der Waals surface area contributed by atoms with Gasteiger partial charge >= 0.3 is 5.97 Å². The summed E-state index contributed by atoms with van der Waals surface area (Å²) in [6.07, 6.45) is 1.80. The van der Waals surface area contributed by atoms with Crippen molar-refractivity contribution in [2.75, 3.05) is 13.7 Å². The quantitative estimate of drug-likeness (QED) is 0.406. The third kappa shape index (κ3) is 2.95. The molecule has 2 spiro atoms. The zero-order valence-corrected chi connectivity index (χ0v) is 22.1. The van der Waals surface area contributed by atoms with Crippen molar-refractivity contribution in [3.63, 3.8) is 0 Å². The second-order valence-electron chi connectivity index (χ2n) is 12.5. The van der Waals surface area contributed by atoms with E-state index in [0.29, 0.717) is 31.4 Å². The Balaban J connectivity index is 1.41. The lowest BCUT2D eigenvalue weighted by atomic mass is 9.35. The predicted octanol–water partition coefficient (Wildman–Crippen LogP) is 2.65. The van der Waals surface area contributed by atoms with Gasteiger partial charge in [-0.3, -0.25) is 4.79 Å². The highest BCUT2D eigenvalue weighted by Crippen LogP contribution is 2.76. The summed E-state index contributed by atoms with van der Waals surface area (Å²) in [5, 5.41) is 35.5. The maximum Gasteiger partial charge on any atom is 0.331 e. The van der Waals surface area contributed by atoms with Crippen LogP contribution in [0.5, 0.6) is 5.75 Å². The van der Waals surface area contributed by atoms with E-state index >= 15 is 0 Å². The summed E-state index contributed by atoms with van der Waals surface area (Å²) in [5.41, 5.74) is -2.06. The Morgan fingerprint density at radius 3 is 2.55 bits per heavy atom. The molecule has 2 heterocycles. The monoisotopic (exact) mass is 524 g/mol. The first kappa shape index (κ1) is 25.7. The maximum atomic E-state index is 14.1. The Morgan fingerprint density at radius 2 is 1.87 bits per heavy atom. The maximum absolute atomic E-state index is 14.1. The number of ether oxygens (including phenoxy) is 3. The lowest BCUT2D eigenvalue weighted by Crippen LogP contribution is -2.85. The number of carbonyl (C=O) groups is 2. The molecule has 6 fully saturated rings. The molecule has 1 aromatic carbocycles. The van der Waals surface area contributed by atoms with Gasteiger partial charge < -0.3 is 29.5 Å². The number of hydrogen-bond acceptors (Lipinski definition) is 8. The van der Waals surface area contributed by atoms with Crippen molar-refractivity contribution in [3.8, 4) is 5.75 Å². The number of esters is 1. The molecule has 2 saturated heterocycles. The molecule has 204 valence electrons. The lowest BCUT2D eigenvalue weighted by molar-refractivity contribution is -0.458. The topological polar surface area (TPSA) is 123 Å². The van der Waals surface area contributed by atoms with E-state index in [9.17, 15) is 24.9 Å². The van der Waals surface area contributed by atoms with Gasteiger partial charge in [-0.1, -0.05) is 32.6 Å². The Morgan fingerprint density at radius 1 is 1.16 bits per heavy atom. The minimum atomic E-state index is -2.27. The van der Waals surface area contributed by atoms with Crippen LogP contribution in [0.2, 0.25) is 0 Å². The highest BCUT2D eigenvalue weighted by atomic mass is 16.6. The molecule has 4 aliphatic carbocycles. The van der Waals surface area contributed by atoms with Crippen LogP contribution in [-0.4, -0.2) is 64.9 Å². The van der Waals surface area contributed by atoms with Gasteiger partial charge in [-0.25, -0.2) is 4.79 Å². The van der Waals surface area contributed by atoms with Crippen molar-refractivity contribution < 1.29 is 39.1 Å². The second kappa shape index (κ2) is 8.24. The van der Waals surface area contributed by atoms with Crippen LogP contribution in [0.15, 0.2) is 42.5 Å². The average molecular weight is 525 g/mol. The number of hydrogen-bond donors (Lipinski definition) is 3. The minimum absolute atomic E-state index is 0.0324. The lowest BCUT2D eigenvalue weighted by Gasteiger charge is -2.74. The van der Waals surface area contributed by atoms with Gasteiger partial charge in [0, 0.05) is 23.3 Å². The molecule has 0 amide bonds. The average Bonchev–Trinajstić information content (AvgIpc) is 3.00.